The summed E-state index contributed by atoms with van der Waals surface area (Å²) < 4.78 is 17.2. The molecule has 610 valence electrons. The number of aromatic nitrogens is 4. The summed E-state index contributed by atoms with van der Waals surface area (Å²) in [4.78, 5) is 23.3. The molecule has 2 aliphatic rings. The monoisotopic (exact) mass is 1680 g/mol. The number of allylic oxidation sites excluding steroid dienone is 2. The molecule has 0 fully saturated rings. The predicted octanol–water partition coefficient (Wildman–Crippen LogP) is 30.0. The van der Waals surface area contributed by atoms with Crippen LogP contribution < -0.4 is 20.8 Å². The van der Waals surface area contributed by atoms with Crippen LogP contribution in [-0.4, -0.2) is 37.4 Å². The summed E-state index contributed by atoms with van der Waals surface area (Å²) in [5.74, 6) is 1.95. The number of aliphatic imine (C=N–C) groups is 1. The third-order valence-electron chi connectivity index (χ3n) is 26.2. The van der Waals surface area contributed by atoms with Gasteiger partial charge in [-0.25, -0.2) is 15.0 Å². The summed E-state index contributed by atoms with van der Waals surface area (Å²) in [5, 5.41) is 24.0. The Bertz CT molecular complexity index is 8470. The molecule has 0 amide bonds. The van der Waals surface area contributed by atoms with Crippen molar-refractivity contribution in [2.24, 2.45) is 4.99 Å². The fourth-order valence-corrected chi connectivity index (χ4v) is 22.8. The molecule has 0 saturated heterocycles. The highest BCUT2D eigenvalue weighted by molar-refractivity contribution is 7.85. The van der Waals surface area contributed by atoms with Gasteiger partial charge in [0.1, 0.15) is 11.7 Å². The van der Waals surface area contributed by atoms with Gasteiger partial charge in [0.15, 0.2) is 7.14 Å². The number of pyridine rings is 2. The molecule has 0 radical (unpaired) electrons. The van der Waals surface area contributed by atoms with Gasteiger partial charge in [0.2, 0.25) is 0 Å². The second-order valence-electron chi connectivity index (χ2n) is 33.6. The molecular weight excluding hydrogens is 1600 g/mol. The van der Waals surface area contributed by atoms with Gasteiger partial charge >= 0.3 is 0 Å². The number of rotatable bonds is 11. The minimum atomic E-state index is -3.06. The number of hydrogen-bond acceptors (Lipinski definition) is 6. The lowest BCUT2D eigenvalue weighted by atomic mass is 9.85. The quantitative estimate of drug-likeness (QED) is 0.0733. The van der Waals surface area contributed by atoms with Crippen molar-refractivity contribution in [1.82, 2.24) is 19.5 Å². The number of benzene rings is 21. The first kappa shape index (κ1) is 77.0. The zero-order valence-electron chi connectivity index (χ0n) is 70.8. The van der Waals surface area contributed by atoms with E-state index < -0.39 is 7.14 Å². The fraction of sp³-hybridized carbons (Fsp3) is 0.0164. The summed E-state index contributed by atoms with van der Waals surface area (Å²) in [6.45, 7) is 0. The Labute approximate surface area is 751 Å². The number of nitrogens with zero attached hydrogens (tertiary/aromatic N) is 6. The van der Waals surface area contributed by atoms with E-state index in [4.69, 9.17) is 19.9 Å². The van der Waals surface area contributed by atoms with E-state index in [1.54, 1.807) is 0 Å². The molecular formula is C122H81N6OP. The molecule has 4 heterocycles. The number of amidine groups is 1. The molecule has 1 aliphatic carbocycles. The number of imidazole rings is 1. The second-order valence-corrected chi connectivity index (χ2v) is 36.4. The third-order valence-corrected chi connectivity index (χ3v) is 29.3. The number of fused-ring (bicyclic) bond motifs is 17. The maximum atomic E-state index is 15.0. The smallest absolute Gasteiger partial charge is 0.171 e. The van der Waals surface area contributed by atoms with Crippen molar-refractivity contribution in [2.45, 2.75) is 12.1 Å². The van der Waals surface area contributed by atoms with Crippen LogP contribution >= 0.6 is 7.14 Å². The highest BCUT2D eigenvalue weighted by atomic mass is 31.2. The average Bonchev–Trinajstić information content (AvgIpc) is 1.12. The van der Waals surface area contributed by atoms with Gasteiger partial charge in [-0.05, 0) is 130 Å². The number of para-hydroxylation sites is 3. The second kappa shape index (κ2) is 32.4. The fourth-order valence-electron chi connectivity index (χ4n) is 20.1. The lowest BCUT2D eigenvalue weighted by molar-refractivity contribution is 0.592. The summed E-state index contributed by atoms with van der Waals surface area (Å²) in [5.41, 5.74) is 20.2. The van der Waals surface area contributed by atoms with Crippen LogP contribution in [0.1, 0.15) is 5.56 Å². The summed E-state index contributed by atoms with van der Waals surface area (Å²) in [6, 6.07) is 161. The number of hydrogen-bond donors (Lipinski definition) is 0. The van der Waals surface area contributed by atoms with E-state index >= 15 is 0 Å². The Morgan fingerprint density at radius 2 is 0.585 bits per heavy atom. The maximum Gasteiger partial charge on any atom is 0.171 e. The minimum Gasteiger partial charge on any atom is -0.317 e. The molecule has 3 aromatic heterocycles. The van der Waals surface area contributed by atoms with Crippen LogP contribution in [0.5, 0.6) is 0 Å². The van der Waals surface area contributed by atoms with E-state index in [1.807, 2.05) is 72.8 Å². The Kier molecular flexibility index (Phi) is 19.2. The molecule has 0 saturated carbocycles. The van der Waals surface area contributed by atoms with Crippen LogP contribution in [-0.2, 0) is 4.57 Å². The molecule has 130 heavy (non-hydrogen) atoms. The van der Waals surface area contributed by atoms with Crippen LogP contribution in [0.2, 0.25) is 0 Å². The minimum absolute atomic E-state index is 0.112. The van der Waals surface area contributed by atoms with Gasteiger partial charge in [0.05, 0.1) is 45.2 Å². The Morgan fingerprint density at radius 1 is 0.238 bits per heavy atom. The molecule has 0 bridgehead atoms. The third kappa shape index (κ3) is 13.3. The largest absolute Gasteiger partial charge is 0.317 e. The Hall–Kier alpha value is -16.6. The lowest BCUT2D eigenvalue weighted by Gasteiger charge is -2.29. The molecule has 1 aliphatic heterocycles. The van der Waals surface area contributed by atoms with Crippen molar-refractivity contribution < 1.29 is 4.57 Å². The van der Waals surface area contributed by atoms with Crippen LogP contribution in [0.3, 0.4) is 0 Å². The normalized spacial score (nSPS) is 13.7. The topological polar surface area (TPSA) is 76.3 Å². The van der Waals surface area contributed by atoms with Crippen LogP contribution in [0.15, 0.2) is 484 Å². The molecule has 26 rings (SSSR count). The standard InChI is InChI=1S/C43H30N2.C40H25N3.C39H26NOP/c1-2-13-31(14-3-1)43-44-39-20-10-11-21-40(39)45(43)34-26-24-30(25-27-34)41-35-16-6-8-18-37(35)42(38-19-9-7-17-36(38)41)33-23-22-29-12-4-5-15-32(29)28-33;1-2-12-30(13-3-1)43-36-17-9-8-16-35(36)41-40(43)29-20-18-28(19-21-29)37-33-24-22-26-10-4-6-14-31(26)38(33)42-39-32-15-7-5-11-27(32)23-25-34(37)39;41-42(30-13-3-1-4-14-30,31-15-5-2-6-16-31)32-23-19-29(20-24-32)37-35-25-21-27-11-7-9-17-33(27)38(35)40-39-34-18-10-8-12-28(34)22-26-36(37)39/h1-28,39-40H;1-25H;1-26H. The van der Waals surface area contributed by atoms with E-state index in [0.717, 1.165) is 132 Å². The molecule has 21 aromatic carbocycles. The molecule has 0 N–H and O–H groups in total. The first-order valence-electron chi connectivity index (χ1n) is 44.4. The van der Waals surface area contributed by atoms with Gasteiger partial charge < -0.3 is 9.46 Å². The summed E-state index contributed by atoms with van der Waals surface area (Å²) >= 11 is 0. The van der Waals surface area contributed by atoms with E-state index in [9.17, 15) is 4.57 Å². The van der Waals surface area contributed by atoms with Crippen LogP contribution in [0.4, 0.5) is 5.69 Å². The Balaban J connectivity index is 0.000000108. The van der Waals surface area contributed by atoms with Crippen LogP contribution in [0.25, 0.3) is 192 Å². The SMILES string of the molecule is C1=CC2N=C(c3ccccc3)N(c3ccc(-c4c5ccccc5c(-c5ccc6ccccc6c5)c5ccccc45)cc3)C2C=C1.O=P(c1ccccc1)(c1ccccc1)c1ccc(-c2c3ccc4ccccc4c3nc3c2ccc2ccccc23)cc1.c1ccc(-n2c(-c3ccc(-c4c5ccc6ccccc6c5nc5c4ccc4ccccc45)cc3)nc3ccccc32)cc1. The molecule has 0 spiro atoms. The zero-order valence-corrected chi connectivity index (χ0v) is 71.7. The van der Waals surface area contributed by atoms with E-state index in [0.29, 0.717) is 0 Å². The van der Waals surface area contributed by atoms with Crippen molar-refractivity contribution in [1.29, 1.82) is 0 Å². The van der Waals surface area contributed by atoms with Gasteiger partial charge in [-0.3, -0.25) is 9.56 Å². The van der Waals surface area contributed by atoms with Gasteiger partial charge in [-0.15, -0.1) is 0 Å². The van der Waals surface area contributed by atoms with Gasteiger partial charge in [-0.2, -0.15) is 0 Å². The van der Waals surface area contributed by atoms with Gasteiger partial charge in [0, 0.05) is 92.6 Å². The molecule has 8 heteroatoms. The first-order chi connectivity index (χ1) is 64.4. The zero-order chi connectivity index (χ0) is 86.2. The predicted molar refractivity (Wildman–Crippen MR) is 550 cm³/mol. The van der Waals surface area contributed by atoms with E-state index in [1.165, 1.54) is 92.5 Å². The average molecular weight is 1680 g/mol. The number of anilines is 1. The van der Waals surface area contributed by atoms with Gasteiger partial charge in [0.25, 0.3) is 0 Å². The lowest BCUT2D eigenvalue weighted by Crippen LogP contribution is -2.39. The molecule has 7 nitrogen and oxygen atoms in total. The highest BCUT2D eigenvalue weighted by Crippen LogP contribution is 2.49. The highest BCUT2D eigenvalue weighted by Gasteiger charge is 2.36. The van der Waals surface area contributed by atoms with Crippen molar-refractivity contribution in [3.05, 3.63) is 485 Å². The Morgan fingerprint density at radius 3 is 1.07 bits per heavy atom. The molecule has 2 unspecified atom stereocenters. The van der Waals surface area contributed by atoms with Crippen molar-refractivity contribution in [2.75, 3.05) is 4.90 Å². The van der Waals surface area contributed by atoms with Crippen molar-refractivity contribution in [3.63, 3.8) is 0 Å². The summed E-state index contributed by atoms with van der Waals surface area (Å²) in [6.07, 6.45) is 8.72. The van der Waals surface area contributed by atoms with Crippen molar-refractivity contribution in [3.8, 4) is 61.6 Å². The van der Waals surface area contributed by atoms with E-state index in [2.05, 4.69) is 416 Å². The summed E-state index contributed by atoms with van der Waals surface area (Å²) in [7, 11) is -3.06. The molecule has 2 atom stereocenters. The van der Waals surface area contributed by atoms with Crippen molar-refractivity contribution >= 4 is 165 Å². The van der Waals surface area contributed by atoms with Crippen LogP contribution in [0, 0.1) is 0 Å². The molecule has 24 aromatic rings. The van der Waals surface area contributed by atoms with E-state index in [-0.39, 0.29) is 12.1 Å². The first-order valence-corrected chi connectivity index (χ1v) is 46.1. The van der Waals surface area contributed by atoms with Gasteiger partial charge in [-0.1, -0.05) is 437 Å². The maximum absolute atomic E-state index is 15.0.